The molecule has 1 aliphatic heterocycles. The molecular formula is C22H23ClN2O5. The fourth-order valence-electron chi connectivity index (χ4n) is 3.60. The molecule has 0 spiro atoms. The third-order valence-corrected chi connectivity index (χ3v) is 5.34. The summed E-state index contributed by atoms with van der Waals surface area (Å²) in [5.74, 6) is 0.904. The average molecular weight is 431 g/mol. The highest BCUT2D eigenvalue weighted by Crippen LogP contribution is 2.34. The maximum atomic E-state index is 12.7. The summed E-state index contributed by atoms with van der Waals surface area (Å²) in [4.78, 5) is 24.8. The second-order valence-corrected chi connectivity index (χ2v) is 8.01. The molecule has 0 aliphatic carbocycles. The number of benzene rings is 2. The van der Waals surface area contributed by atoms with Crippen molar-refractivity contribution in [1.82, 2.24) is 9.88 Å². The third kappa shape index (κ3) is 4.16. The largest absolute Gasteiger partial charge is 0.486 e. The quantitative estimate of drug-likeness (QED) is 0.640. The number of nitrogens with one attached hydrogen (secondary N) is 1. The van der Waals surface area contributed by atoms with Crippen molar-refractivity contribution in [3.8, 4) is 11.5 Å². The molecule has 2 heterocycles. The number of carbonyl (C=O) groups excluding carboxylic acids is 1. The lowest BCUT2D eigenvalue weighted by molar-refractivity contribution is -0.122. The lowest BCUT2D eigenvalue weighted by Gasteiger charge is -2.25. The van der Waals surface area contributed by atoms with Gasteiger partial charge in [0, 0.05) is 24.1 Å². The summed E-state index contributed by atoms with van der Waals surface area (Å²) in [5, 5.41) is 3.56. The molecule has 30 heavy (non-hydrogen) atoms. The lowest BCUT2D eigenvalue weighted by Crippen LogP contribution is -2.33. The van der Waals surface area contributed by atoms with Gasteiger partial charge >= 0.3 is 5.76 Å². The minimum absolute atomic E-state index is 0.144. The number of hydrogen-bond donors (Lipinski definition) is 1. The number of ether oxygens (including phenoxy) is 2. The van der Waals surface area contributed by atoms with Crippen molar-refractivity contribution in [2.75, 3.05) is 13.2 Å². The van der Waals surface area contributed by atoms with Crippen molar-refractivity contribution >= 4 is 28.6 Å². The van der Waals surface area contributed by atoms with E-state index in [1.807, 2.05) is 32.0 Å². The summed E-state index contributed by atoms with van der Waals surface area (Å²) < 4.78 is 17.9. The number of rotatable bonds is 6. The van der Waals surface area contributed by atoms with E-state index in [2.05, 4.69) is 5.32 Å². The highest BCUT2D eigenvalue weighted by atomic mass is 35.5. The molecule has 1 aliphatic rings. The van der Waals surface area contributed by atoms with Crippen LogP contribution < -0.4 is 20.5 Å². The normalized spacial score (nSPS) is 14.1. The van der Waals surface area contributed by atoms with Crippen molar-refractivity contribution < 1.29 is 18.7 Å². The van der Waals surface area contributed by atoms with Gasteiger partial charge in [-0.2, -0.15) is 0 Å². The molecule has 0 radical (unpaired) electrons. The van der Waals surface area contributed by atoms with Crippen LogP contribution in [0.1, 0.15) is 31.9 Å². The number of oxazole rings is 1. The molecule has 1 aromatic heterocycles. The molecule has 8 heteroatoms. The van der Waals surface area contributed by atoms with Gasteiger partial charge in [0.2, 0.25) is 5.91 Å². The van der Waals surface area contributed by atoms with Gasteiger partial charge in [-0.05, 0) is 35.7 Å². The number of aromatic nitrogens is 1. The van der Waals surface area contributed by atoms with Crippen molar-refractivity contribution in [2.24, 2.45) is 5.92 Å². The van der Waals surface area contributed by atoms with Gasteiger partial charge in [0.1, 0.15) is 13.2 Å². The van der Waals surface area contributed by atoms with E-state index in [9.17, 15) is 9.59 Å². The number of halogens is 1. The van der Waals surface area contributed by atoms with Crippen molar-refractivity contribution in [3.63, 3.8) is 0 Å². The molecule has 3 aromatic rings. The first kappa shape index (κ1) is 20.3. The first-order valence-electron chi connectivity index (χ1n) is 9.90. The number of carbonyl (C=O) groups is 1. The Balaban J connectivity index is 1.47. The van der Waals surface area contributed by atoms with Gasteiger partial charge in [0.05, 0.1) is 11.6 Å². The molecule has 1 amide bonds. The Bertz CT molecular complexity index is 1130. The minimum atomic E-state index is -0.507. The zero-order valence-corrected chi connectivity index (χ0v) is 17.6. The van der Waals surface area contributed by atoms with Crippen LogP contribution in [0.25, 0.3) is 11.1 Å². The number of fused-ring (bicyclic) bond motifs is 2. The van der Waals surface area contributed by atoms with Crippen LogP contribution in [0.3, 0.4) is 0 Å². The fraction of sp³-hybridized carbons (Fsp3) is 0.364. The predicted octanol–water partition coefficient (Wildman–Crippen LogP) is 3.92. The molecule has 0 saturated carbocycles. The van der Waals surface area contributed by atoms with E-state index in [-0.39, 0.29) is 30.8 Å². The minimum Gasteiger partial charge on any atom is -0.486 e. The zero-order valence-electron chi connectivity index (χ0n) is 16.8. The first-order valence-corrected chi connectivity index (χ1v) is 10.3. The van der Waals surface area contributed by atoms with Gasteiger partial charge in [-0.3, -0.25) is 9.36 Å². The molecule has 1 N–H and O–H groups in total. The van der Waals surface area contributed by atoms with E-state index >= 15 is 0 Å². The second-order valence-electron chi connectivity index (χ2n) is 7.57. The van der Waals surface area contributed by atoms with Gasteiger partial charge in [-0.15, -0.1) is 0 Å². The Labute approximate surface area is 178 Å². The van der Waals surface area contributed by atoms with Gasteiger partial charge < -0.3 is 19.2 Å². The fourth-order valence-corrected chi connectivity index (χ4v) is 3.76. The van der Waals surface area contributed by atoms with Crippen molar-refractivity contribution in [1.29, 1.82) is 0 Å². The third-order valence-electron chi connectivity index (χ3n) is 5.10. The van der Waals surface area contributed by atoms with Crippen LogP contribution in [-0.2, 0) is 11.3 Å². The van der Waals surface area contributed by atoms with Crippen LogP contribution in [0.15, 0.2) is 45.6 Å². The molecule has 1 unspecified atom stereocenters. The summed E-state index contributed by atoms with van der Waals surface area (Å²) in [5.41, 5.74) is 1.97. The molecule has 1 atom stereocenters. The summed E-state index contributed by atoms with van der Waals surface area (Å²) in [6.45, 7) is 5.34. The summed E-state index contributed by atoms with van der Waals surface area (Å²) >= 11 is 5.95. The number of hydrogen-bond acceptors (Lipinski definition) is 5. The molecule has 158 valence electrons. The first-order chi connectivity index (χ1) is 14.4. The van der Waals surface area contributed by atoms with Crippen LogP contribution >= 0.6 is 11.6 Å². The predicted molar refractivity (Wildman–Crippen MR) is 113 cm³/mol. The molecular weight excluding hydrogens is 408 g/mol. The highest BCUT2D eigenvalue weighted by molar-refractivity contribution is 6.31. The number of nitrogens with zero attached hydrogens (tertiary/aromatic N) is 1. The molecule has 0 bridgehead atoms. The van der Waals surface area contributed by atoms with Gasteiger partial charge in [-0.1, -0.05) is 31.5 Å². The number of amides is 1. The Kier molecular flexibility index (Phi) is 5.72. The van der Waals surface area contributed by atoms with E-state index in [0.717, 1.165) is 5.56 Å². The Morgan fingerprint density at radius 3 is 2.67 bits per heavy atom. The second kappa shape index (κ2) is 8.44. The van der Waals surface area contributed by atoms with Crippen LogP contribution in [0, 0.1) is 5.92 Å². The van der Waals surface area contributed by atoms with E-state index in [0.29, 0.717) is 40.8 Å². The zero-order chi connectivity index (χ0) is 21.3. The maximum Gasteiger partial charge on any atom is 0.419 e. The highest BCUT2D eigenvalue weighted by Gasteiger charge is 2.22. The standard InChI is InChI=1S/C22H23ClN2O5/c1-13(2)21(14-3-6-17-19(11-14)29-10-9-28-17)24-20(26)7-8-25-16-5-4-15(23)12-18(16)30-22(25)27/h3-6,11-13,21H,7-10H2,1-2H3,(H,24,26). The van der Waals surface area contributed by atoms with Crippen LogP contribution in [0.4, 0.5) is 0 Å². The Morgan fingerprint density at radius 2 is 1.90 bits per heavy atom. The molecule has 7 nitrogen and oxygen atoms in total. The molecule has 2 aromatic carbocycles. The van der Waals surface area contributed by atoms with Gasteiger partial charge in [-0.25, -0.2) is 4.79 Å². The SMILES string of the molecule is CC(C)C(NC(=O)CCn1c(=O)oc2cc(Cl)ccc21)c1ccc2c(c1)OCCO2. The van der Waals surface area contributed by atoms with E-state index in [1.165, 1.54) is 4.57 Å². The van der Waals surface area contributed by atoms with Gasteiger partial charge in [0.15, 0.2) is 17.1 Å². The van der Waals surface area contributed by atoms with Crippen LogP contribution in [-0.4, -0.2) is 23.7 Å². The summed E-state index contributed by atoms with van der Waals surface area (Å²) in [6.07, 6.45) is 0.144. The van der Waals surface area contributed by atoms with Crippen LogP contribution in [0.2, 0.25) is 5.02 Å². The lowest BCUT2D eigenvalue weighted by atomic mass is 9.95. The molecule has 0 fully saturated rings. The number of aryl methyl sites for hydroxylation is 1. The van der Waals surface area contributed by atoms with E-state index < -0.39 is 5.76 Å². The van der Waals surface area contributed by atoms with Crippen molar-refractivity contribution in [3.05, 3.63) is 57.5 Å². The maximum absolute atomic E-state index is 12.7. The smallest absolute Gasteiger partial charge is 0.419 e. The summed E-state index contributed by atoms with van der Waals surface area (Å²) in [6, 6.07) is 10.5. The Hall–Kier alpha value is -2.93. The van der Waals surface area contributed by atoms with Crippen LogP contribution in [0.5, 0.6) is 11.5 Å². The molecule has 0 saturated heterocycles. The average Bonchev–Trinajstić information content (AvgIpc) is 3.03. The Morgan fingerprint density at radius 1 is 1.13 bits per heavy atom. The van der Waals surface area contributed by atoms with Crippen molar-refractivity contribution in [2.45, 2.75) is 32.9 Å². The summed E-state index contributed by atoms with van der Waals surface area (Å²) in [7, 11) is 0. The topological polar surface area (TPSA) is 82.7 Å². The monoisotopic (exact) mass is 430 g/mol. The van der Waals surface area contributed by atoms with E-state index in [4.69, 9.17) is 25.5 Å². The molecule has 4 rings (SSSR count). The van der Waals surface area contributed by atoms with Gasteiger partial charge in [0.25, 0.3) is 0 Å². The van der Waals surface area contributed by atoms with E-state index in [1.54, 1.807) is 18.2 Å².